The zero-order valence-electron chi connectivity index (χ0n) is 17.2. The minimum atomic E-state index is -4.35. The number of aryl methyl sites for hydroxylation is 1. The Labute approximate surface area is 183 Å². The summed E-state index contributed by atoms with van der Waals surface area (Å²) in [6.07, 6.45) is -1.06. The summed E-state index contributed by atoms with van der Waals surface area (Å²) >= 11 is 0. The van der Waals surface area contributed by atoms with Crippen molar-refractivity contribution < 1.29 is 32.5 Å². The second-order valence-electron chi connectivity index (χ2n) is 7.13. The maximum absolute atomic E-state index is 12.6. The molecule has 0 saturated carbocycles. The number of aliphatic carboxylic acids is 1. The average Bonchev–Trinajstić information content (AvgIpc) is 2.70. The summed E-state index contributed by atoms with van der Waals surface area (Å²) in [4.78, 5) is 11.0. The van der Waals surface area contributed by atoms with Crippen LogP contribution in [0.25, 0.3) is 6.08 Å². The Morgan fingerprint density at radius 1 is 0.969 bits per heavy atom. The van der Waals surface area contributed by atoms with Crippen LogP contribution < -0.4 is 9.47 Å². The maximum atomic E-state index is 12.6. The van der Waals surface area contributed by atoms with Gasteiger partial charge >= 0.3 is 12.1 Å². The molecule has 7 heteroatoms. The Balaban J connectivity index is 1.59. The molecule has 0 amide bonds. The Kier molecular flexibility index (Phi) is 7.20. The second kappa shape index (κ2) is 10.0. The molecule has 0 aliphatic carbocycles. The summed E-state index contributed by atoms with van der Waals surface area (Å²) < 4.78 is 49.3. The lowest BCUT2D eigenvalue weighted by Crippen LogP contribution is -2.03. The van der Waals surface area contributed by atoms with E-state index in [-0.39, 0.29) is 13.0 Å². The highest BCUT2D eigenvalue weighted by Gasteiger charge is 2.29. The van der Waals surface area contributed by atoms with Gasteiger partial charge in [-0.05, 0) is 66.1 Å². The van der Waals surface area contributed by atoms with E-state index in [1.165, 1.54) is 12.1 Å². The molecule has 4 nitrogen and oxygen atoms in total. The number of ether oxygens (including phenoxy) is 2. The lowest BCUT2D eigenvalue weighted by molar-refractivity contribution is -0.138. The molecule has 166 valence electrons. The zero-order valence-corrected chi connectivity index (χ0v) is 17.2. The smallest absolute Gasteiger partial charge is 0.416 e. The largest absolute Gasteiger partial charge is 0.489 e. The van der Waals surface area contributed by atoms with Crippen molar-refractivity contribution in [2.45, 2.75) is 19.5 Å². The molecule has 3 aromatic carbocycles. The SMILES string of the molecule is Cc1cc(CC(=O)O)cc(Oc2cccc(OC/C=C/c3ccc(C(F)(F)F)cc3)c2)c1. The van der Waals surface area contributed by atoms with E-state index in [2.05, 4.69) is 0 Å². The first-order chi connectivity index (χ1) is 15.2. The average molecular weight is 442 g/mol. The van der Waals surface area contributed by atoms with Gasteiger partial charge in [-0.3, -0.25) is 4.79 Å². The second-order valence-corrected chi connectivity index (χ2v) is 7.13. The third-order valence-corrected chi connectivity index (χ3v) is 4.40. The number of hydrogen-bond acceptors (Lipinski definition) is 3. The zero-order chi connectivity index (χ0) is 23.1. The molecule has 0 atom stereocenters. The summed E-state index contributed by atoms with van der Waals surface area (Å²) in [5.74, 6) is 0.695. The number of alkyl halides is 3. The fraction of sp³-hybridized carbons (Fsp3) is 0.160. The Morgan fingerprint density at radius 2 is 1.69 bits per heavy atom. The van der Waals surface area contributed by atoms with Crippen LogP contribution in [0.3, 0.4) is 0 Å². The van der Waals surface area contributed by atoms with E-state index >= 15 is 0 Å². The third-order valence-electron chi connectivity index (χ3n) is 4.40. The highest BCUT2D eigenvalue weighted by atomic mass is 19.4. The van der Waals surface area contributed by atoms with Crippen molar-refractivity contribution >= 4 is 12.0 Å². The highest BCUT2D eigenvalue weighted by Crippen LogP contribution is 2.29. The van der Waals surface area contributed by atoms with Gasteiger partial charge in [0.1, 0.15) is 23.9 Å². The molecule has 0 aliphatic heterocycles. The summed E-state index contributed by atoms with van der Waals surface area (Å²) in [7, 11) is 0. The first-order valence-electron chi connectivity index (χ1n) is 9.76. The van der Waals surface area contributed by atoms with Gasteiger partial charge in [0.2, 0.25) is 0 Å². The van der Waals surface area contributed by atoms with Crippen LogP contribution in [-0.2, 0) is 17.4 Å². The van der Waals surface area contributed by atoms with Crippen molar-refractivity contribution in [2.24, 2.45) is 0 Å². The number of halogens is 3. The summed E-state index contributed by atoms with van der Waals surface area (Å²) in [6.45, 7) is 2.08. The molecule has 0 spiro atoms. The molecule has 0 aromatic heterocycles. The number of carboxylic acid groups (broad SMARTS) is 1. The molecule has 0 unspecified atom stereocenters. The predicted molar refractivity (Wildman–Crippen MR) is 115 cm³/mol. The minimum Gasteiger partial charge on any atom is -0.489 e. The monoisotopic (exact) mass is 442 g/mol. The van der Waals surface area contributed by atoms with Crippen LogP contribution in [0.1, 0.15) is 22.3 Å². The molecule has 1 N–H and O–H groups in total. The normalized spacial score (nSPS) is 11.5. The lowest BCUT2D eigenvalue weighted by Gasteiger charge is -2.10. The number of hydrogen-bond donors (Lipinski definition) is 1. The van der Waals surface area contributed by atoms with Gasteiger partial charge in [0, 0.05) is 6.07 Å². The van der Waals surface area contributed by atoms with Crippen molar-refractivity contribution in [3.8, 4) is 17.2 Å². The van der Waals surface area contributed by atoms with Crippen LogP contribution in [0.15, 0.2) is 72.8 Å². The van der Waals surface area contributed by atoms with Gasteiger partial charge in [0.15, 0.2) is 0 Å². The number of rotatable bonds is 8. The van der Waals surface area contributed by atoms with Gasteiger partial charge in [0.25, 0.3) is 0 Å². The Morgan fingerprint density at radius 3 is 2.38 bits per heavy atom. The van der Waals surface area contributed by atoms with Crippen molar-refractivity contribution in [3.05, 3.63) is 95.1 Å². The molecule has 0 heterocycles. The lowest BCUT2D eigenvalue weighted by atomic mass is 10.1. The Hall–Kier alpha value is -3.74. The maximum Gasteiger partial charge on any atom is 0.416 e. The number of carboxylic acids is 1. The summed E-state index contributed by atoms with van der Waals surface area (Å²) in [5, 5.41) is 8.99. The molecular weight excluding hydrogens is 421 g/mol. The van der Waals surface area contributed by atoms with E-state index in [1.807, 2.05) is 13.0 Å². The van der Waals surface area contributed by atoms with Crippen molar-refractivity contribution in [1.82, 2.24) is 0 Å². The Bertz CT molecular complexity index is 1100. The molecule has 0 saturated heterocycles. The summed E-state index contributed by atoms with van der Waals surface area (Å²) in [5.41, 5.74) is 1.48. The van der Waals surface area contributed by atoms with Crippen LogP contribution in [0.4, 0.5) is 13.2 Å². The van der Waals surface area contributed by atoms with Crippen LogP contribution in [0.5, 0.6) is 17.2 Å². The van der Waals surface area contributed by atoms with Crippen LogP contribution >= 0.6 is 0 Å². The predicted octanol–water partition coefficient (Wildman–Crippen LogP) is 6.53. The topological polar surface area (TPSA) is 55.8 Å². The van der Waals surface area contributed by atoms with Gasteiger partial charge in [-0.2, -0.15) is 13.2 Å². The van der Waals surface area contributed by atoms with E-state index in [0.717, 1.165) is 17.7 Å². The van der Waals surface area contributed by atoms with Crippen molar-refractivity contribution in [2.75, 3.05) is 6.61 Å². The molecule has 3 rings (SSSR count). The first-order valence-corrected chi connectivity index (χ1v) is 9.76. The number of benzene rings is 3. The van der Waals surface area contributed by atoms with Crippen molar-refractivity contribution in [1.29, 1.82) is 0 Å². The van der Waals surface area contributed by atoms with Crippen molar-refractivity contribution in [3.63, 3.8) is 0 Å². The van der Waals surface area contributed by atoms with E-state index in [1.54, 1.807) is 48.6 Å². The standard InChI is InChI=1S/C25H21F3O4/c1-17-12-19(15-24(29)30)14-23(13-17)32-22-6-2-5-21(16-22)31-11-3-4-18-7-9-20(10-8-18)25(26,27)28/h2-10,12-14,16H,11,15H2,1H3,(H,29,30)/b4-3+. The number of carbonyl (C=O) groups is 1. The fourth-order valence-electron chi connectivity index (χ4n) is 3.04. The van der Waals surface area contributed by atoms with Crippen LogP contribution in [0.2, 0.25) is 0 Å². The van der Waals surface area contributed by atoms with E-state index in [0.29, 0.717) is 28.4 Å². The summed E-state index contributed by atoms with van der Waals surface area (Å²) in [6, 6.07) is 17.1. The molecule has 0 aliphatic rings. The van der Waals surface area contributed by atoms with Gasteiger partial charge in [-0.25, -0.2) is 0 Å². The molecule has 0 bridgehead atoms. The highest BCUT2D eigenvalue weighted by molar-refractivity contribution is 5.70. The van der Waals surface area contributed by atoms with E-state index < -0.39 is 17.7 Å². The van der Waals surface area contributed by atoms with Gasteiger partial charge < -0.3 is 14.6 Å². The quantitative estimate of drug-likeness (QED) is 0.431. The van der Waals surface area contributed by atoms with E-state index in [4.69, 9.17) is 14.6 Å². The fourth-order valence-corrected chi connectivity index (χ4v) is 3.04. The van der Waals surface area contributed by atoms with Crippen LogP contribution in [0, 0.1) is 6.92 Å². The molecule has 32 heavy (non-hydrogen) atoms. The van der Waals surface area contributed by atoms with Gasteiger partial charge in [-0.15, -0.1) is 0 Å². The molecule has 0 radical (unpaired) electrons. The van der Waals surface area contributed by atoms with Gasteiger partial charge in [-0.1, -0.05) is 30.3 Å². The third kappa shape index (κ3) is 6.91. The van der Waals surface area contributed by atoms with E-state index in [9.17, 15) is 18.0 Å². The molecular formula is C25H21F3O4. The minimum absolute atomic E-state index is 0.0908. The molecule has 0 fully saturated rings. The van der Waals surface area contributed by atoms with Gasteiger partial charge in [0.05, 0.1) is 12.0 Å². The molecule has 3 aromatic rings. The van der Waals surface area contributed by atoms with Crippen LogP contribution in [-0.4, -0.2) is 17.7 Å². The first kappa shape index (κ1) is 22.9.